The van der Waals surface area contributed by atoms with E-state index in [0.717, 1.165) is 35.2 Å². The minimum absolute atomic E-state index is 0.0238. The molecule has 0 radical (unpaired) electrons. The fraction of sp³-hybridized carbons (Fsp3) is 0.375. The predicted molar refractivity (Wildman–Crippen MR) is 119 cm³/mol. The SMILES string of the molecule is CCOC(=O)c1c(C)n(Cc2ccccc2)c2cc(Br)c([O-])c(C[NH+]3CCCC3)c12. The van der Waals surface area contributed by atoms with E-state index >= 15 is 0 Å². The third-order valence-corrected chi connectivity index (χ3v) is 6.61. The molecule has 1 fully saturated rings. The second kappa shape index (κ2) is 8.82. The fourth-order valence-corrected chi connectivity index (χ4v) is 5.01. The van der Waals surface area contributed by atoms with Gasteiger partial charge in [0.1, 0.15) is 6.54 Å². The Morgan fingerprint density at radius 1 is 1.23 bits per heavy atom. The minimum Gasteiger partial charge on any atom is -0.871 e. The molecule has 30 heavy (non-hydrogen) atoms. The van der Waals surface area contributed by atoms with Crippen molar-refractivity contribution in [3.8, 4) is 5.75 Å². The van der Waals surface area contributed by atoms with E-state index < -0.39 is 0 Å². The molecule has 1 aromatic heterocycles. The van der Waals surface area contributed by atoms with E-state index in [0.29, 0.717) is 35.3 Å². The maximum Gasteiger partial charge on any atom is 0.340 e. The molecular formula is C24H27BrN2O3. The quantitative estimate of drug-likeness (QED) is 0.562. The third-order valence-electron chi connectivity index (χ3n) is 6.02. The highest BCUT2D eigenvalue weighted by atomic mass is 79.9. The van der Waals surface area contributed by atoms with Crippen molar-refractivity contribution >= 4 is 32.8 Å². The van der Waals surface area contributed by atoms with Gasteiger partial charge < -0.3 is 19.3 Å². The monoisotopic (exact) mass is 470 g/mol. The summed E-state index contributed by atoms with van der Waals surface area (Å²) in [5.74, 6) is -0.379. The average Bonchev–Trinajstić information content (AvgIpc) is 3.34. The standard InChI is InChI=1S/C24H27BrN2O3/c1-3-30-24(29)21-16(2)27(14-17-9-5-4-6-10-17)20-13-19(25)23(28)18(22(20)21)15-26-11-7-8-12-26/h4-6,9-10,13,28H,3,7-8,11-12,14-15H2,1-2H3. The van der Waals surface area contributed by atoms with E-state index in [-0.39, 0.29) is 11.7 Å². The van der Waals surface area contributed by atoms with Crippen molar-refractivity contribution in [1.29, 1.82) is 0 Å². The highest BCUT2D eigenvalue weighted by Crippen LogP contribution is 2.38. The fourth-order valence-electron chi connectivity index (χ4n) is 4.55. The first-order valence-electron chi connectivity index (χ1n) is 10.6. The largest absolute Gasteiger partial charge is 0.871 e. The van der Waals surface area contributed by atoms with Crippen LogP contribution in [-0.2, 0) is 17.8 Å². The van der Waals surface area contributed by atoms with E-state index in [9.17, 15) is 9.90 Å². The van der Waals surface area contributed by atoms with E-state index in [2.05, 4.69) is 32.6 Å². The molecule has 0 spiro atoms. The zero-order valence-corrected chi connectivity index (χ0v) is 19.0. The molecule has 1 aliphatic rings. The van der Waals surface area contributed by atoms with Gasteiger partial charge in [-0.15, -0.1) is 0 Å². The lowest BCUT2D eigenvalue weighted by molar-refractivity contribution is -0.901. The number of halogens is 1. The van der Waals surface area contributed by atoms with Gasteiger partial charge in [-0.2, -0.15) is 0 Å². The van der Waals surface area contributed by atoms with Gasteiger partial charge in [-0.25, -0.2) is 4.79 Å². The number of rotatable bonds is 6. The van der Waals surface area contributed by atoms with Crippen molar-refractivity contribution in [1.82, 2.24) is 4.57 Å². The summed E-state index contributed by atoms with van der Waals surface area (Å²) in [7, 11) is 0. The summed E-state index contributed by atoms with van der Waals surface area (Å²) in [6.07, 6.45) is 2.36. The van der Waals surface area contributed by atoms with E-state index in [1.165, 1.54) is 17.7 Å². The number of esters is 1. The number of likely N-dealkylation sites (tertiary alicyclic amines) is 1. The number of nitrogens with zero attached hydrogens (tertiary/aromatic N) is 1. The van der Waals surface area contributed by atoms with Crippen molar-refractivity contribution in [2.45, 2.75) is 39.8 Å². The first-order valence-corrected chi connectivity index (χ1v) is 11.4. The molecule has 0 saturated carbocycles. The van der Waals surface area contributed by atoms with Gasteiger partial charge >= 0.3 is 5.97 Å². The lowest BCUT2D eigenvalue weighted by Gasteiger charge is -2.21. The normalized spacial score (nSPS) is 14.5. The number of fused-ring (bicyclic) bond motifs is 1. The number of ether oxygens (including phenoxy) is 1. The van der Waals surface area contributed by atoms with Crippen LogP contribution in [0.15, 0.2) is 40.9 Å². The Bertz CT molecular complexity index is 1070. The van der Waals surface area contributed by atoms with Gasteiger partial charge in [0.05, 0.1) is 30.8 Å². The van der Waals surface area contributed by atoms with Crippen molar-refractivity contribution in [3.63, 3.8) is 0 Å². The lowest BCUT2D eigenvalue weighted by atomic mass is 10.0. The van der Waals surface area contributed by atoms with Crippen molar-refractivity contribution in [3.05, 3.63) is 63.3 Å². The molecule has 2 aromatic carbocycles. The molecule has 1 saturated heterocycles. The molecule has 1 aliphatic heterocycles. The zero-order chi connectivity index (χ0) is 21.3. The van der Waals surface area contributed by atoms with Crippen molar-refractivity contribution in [2.75, 3.05) is 19.7 Å². The lowest BCUT2D eigenvalue weighted by Crippen LogP contribution is -3.08. The summed E-state index contributed by atoms with van der Waals surface area (Å²) in [5.41, 5.74) is 4.12. The number of quaternary nitrogens is 1. The molecular weight excluding hydrogens is 444 g/mol. The highest BCUT2D eigenvalue weighted by molar-refractivity contribution is 9.10. The molecule has 0 bridgehead atoms. The van der Waals surface area contributed by atoms with Gasteiger partial charge in [0, 0.05) is 40.5 Å². The van der Waals surface area contributed by atoms with E-state index in [4.69, 9.17) is 4.74 Å². The van der Waals surface area contributed by atoms with Gasteiger partial charge in [0.15, 0.2) is 0 Å². The second-order valence-electron chi connectivity index (χ2n) is 7.95. The molecule has 6 heteroatoms. The number of carbonyl (C=O) groups is 1. The van der Waals surface area contributed by atoms with Gasteiger partial charge in [-0.05, 0) is 25.5 Å². The molecule has 158 valence electrons. The molecule has 0 amide bonds. The minimum atomic E-state index is -0.355. The van der Waals surface area contributed by atoms with Gasteiger partial charge in [0.2, 0.25) is 0 Å². The first kappa shape index (κ1) is 20.9. The van der Waals surface area contributed by atoms with E-state index in [1.807, 2.05) is 31.2 Å². The molecule has 1 N–H and O–H groups in total. The Kier molecular flexibility index (Phi) is 6.16. The van der Waals surface area contributed by atoms with E-state index in [1.54, 1.807) is 6.92 Å². The van der Waals surface area contributed by atoms with Crippen LogP contribution in [0.1, 0.15) is 46.9 Å². The number of hydrogen-bond donors (Lipinski definition) is 1. The Balaban J connectivity index is 1.94. The van der Waals surface area contributed by atoms with Crippen LogP contribution in [0.5, 0.6) is 5.75 Å². The maximum atomic E-state index is 13.2. The van der Waals surface area contributed by atoms with Crippen molar-refractivity contribution < 1.29 is 19.5 Å². The highest BCUT2D eigenvalue weighted by Gasteiger charge is 2.27. The Hall–Kier alpha value is -2.31. The van der Waals surface area contributed by atoms with Gasteiger partial charge in [0.25, 0.3) is 0 Å². The first-order chi connectivity index (χ1) is 14.5. The molecule has 3 aromatic rings. The molecule has 4 rings (SSSR count). The summed E-state index contributed by atoms with van der Waals surface area (Å²) in [6, 6.07) is 12.0. The smallest absolute Gasteiger partial charge is 0.340 e. The number of benzene rings is 2. The van der Waals surface area contributed by atoms with Crippen LogP contribution in [0.25, 0.3) is 10.9 Å². The summed E-state index contributed by atoms with van der Waals surface area (Å²) < 4.78 is 8.08. The van der Waals surface area contributed by atoms with Crippen molar-refractivity contribution in [2.24, 2.45) is 0 Å². The molecule has 0 unspecified atom stereocenters. The number of nitrogens with one attached hydrogen (secondary N) is 1. The zero-order valence-electron chi connectivity index (χ0n) is 17.5. The molecule has 2 heterocycles. The maximum absolute atomic E-state index is 13.2. The van der Waals surface area contributed by atoms with Crippen LogP contribution >= 0.6 is 15.9 Å². The van der Waals surface area contributed by atoms with Crippen LogP contribution in [0.3, 0.4) is 0 Å². The van der Waals surface area contributed by atoms with Gasteiger partial charge in [-0.3, -0.25) is 0 Å². The number of aromatic nitrogens is 1. The summed E-state index contributed by atoms with van der Waals surface area (Å²) >= 11 is 3.49. The molecule has 0 atom stereocenters. The van der Waals surface area contributed by atoms with Crippen LogP contribution in [-0.4, -0.2) is 30.2 Å². The Morgan fingerprint density at radius 2 is 1.93 bits per heavy atom. The predicted octanol–water partition coefficient (Wildman–Crippen LogP) is 3.19. The summed E-state index contributed by atoms with van der Waals surface area (Å²) in [5, 5.41) is 13.9. The number of carbonyl (C=O) groups excluding carboxylic acids is 1. The topological polar surface area (TPSA) is 58.7 Å². The summed E-state index contributed by atoms with van der Waals surface area (Å²) in [6.45, 7) is 7.44. The average molecular weight is 471 g/mol. The van der Waals surface area contributed by atoms with Gasteiger partial charge in [-0.1, -0.05) is 52.0 Å². The van der Waals surface area contributed by atoms with Crippen LogP contribution in [0, 0.1) is 6.92 Å². The second-order valence-corrected chi connectivity index (χ2v) is 8.80. The number of hydrogen-bond acceptors (Lipinski definition) is 3. The molecule has 5 nitrogen and oxygen atoms in total. The molecule has 0 aliphatic carbocycles. The Labute approximate surface area is 185 Å². The van der Waals surface area contributed by atoms with Crippen LogP contribution in [0.2, 0.25) is 0 Å². The third kappa shape index (κ3) is 3.86. The Morgan fingerprint density at radius 3 is 2.60 bits per heavy atom. The van der Waals surface area contributed by atoms with Crippen LogP contribution in [0.4, 0.5) is 0 Å². The van der Waals surface area contributed by atoms with Crippen LogP contribution < -0.4 is 10.0 Å². The summed E-state index contributed by atoms with van der Waals surface area (Å²) in [4.78, 5) is 14.4.